The Morgan fingerprint density at radius 2 is 0.797 bits per heavy atom. The molecule has 2 aromatic rings. The first-order valence-electron chi connectivity index (χ1n) is 14.7. The minimum absolute atomic E-state index is 0. The molecule has 2 aromatic carbocycles. The summed E-state index contributed by atoms with van der Waals surface area (Å²) in [7, 11) is 0. The molecule has 0 aliphatic rings. The van der Waals surface area contributed by atoms with Crippen molar-refractivity contribution in [3.8, 4) is 5.75 Å². The van der Waals surface area contributed by atoms with Gasteiger partial charge >= 0.3 is 206 Å². The van der Waals surface area contributed by atoms with E-state index in [0.29, 0.717) is 6.61 Å². The van der Waals surface area contributed by atoms with E-state index in [1.165, 1.54) is 64.9 Å². The molecule has 0 aliphatic carbocycles. The van der Waals surface area contributed by atoms with Crippen LogP contribution in [0.25, 0.3) is 0 Å². The Balaban J connectivity index is -0.0000000708. The van der Waals surface area contributed by atoms with Crippen LogP contribution in [0.5, 0.6) is 5.75 Å². The number of aliphatic hydroxyl groups is 1. The Bertz CT molecular complexity index is 1150. The Labute approximate surface area is 396 Å². The Morgan fingerprint density at radius 3 is 1.14 bits per heavy atom. The van der Waals surface area contributed by atoms with Gasteiger partial charge in [-0.25, -0.2) is 0 Å². The first-order valence-corrected chi connectivity index (χ1v) is 35.6. The van der Waals surface area contributed by atoms with Crippen LogP contribution in [0.3, 0.4) is 0 Å². The summed E-state index contributed by atoms with van der Waals surface area (Å²) < 4.78 is 163. The molecule has 358 valence electrons. The summed E-state index contributed by atoms with van der Waals surface area (Å²) in [6.45, 7) is 2.66. The zero-order valence-corrected chi connectivity index (χ0v) is 47.9. The van der Waals surface area contributed by atoms with Gasteiger partial charge in [0.05, 0.1) is 6.10 Å². The molecule has 2 rings (SSSR count). The minimum atomic E-state index is -4.20. The van der Waals surface area contributed by atoms with E-state index in [1.54, 1.807) is 0 Å². The second-order valence-corrected chi connectivity index (χ2v) is 19.8. The zero-order chi connectivity index (χ0) is 42.0. The van der Waals surface area contributed by atoms with Crippen LogP contribution < -0.4 is 66.6 Å². The first-order chi connectivity index (χ1) is 24.7. The van der Waals surface area contributed by atoms with E-state index >= 15 is 0 Å². The number of unbranched alkanes of at least 4 members (excludes halogenated alkanes) is 9. The summed E-state index contributed by atoms with van der Waals surface area (Å²) in [5.41, 5.74) is 0. The molecule has 20 nitrogen and oxygen atoms in total. The Hall–Kier alpha value is 1.74. The third-order valence-electron chi connectivity index (χ3n) is 5.08. The maximum absolute atomic E-state index is 10.2. The SMILES string of the molecule is CCCCCCCCCCCCC(O)COc1cccc([I+]c2ccccc2)c1.F.F.F.F.F.F.[O]=[Sb]([O-])[O-].[O]=[Sb]([O-])[O-].[O]=[Sb]([O-])[O-].[O]=[Sb]([O-])[O-].[O]=[Sb]([O-])[O-].[O]=[Sb]([O-])[O-]. The summed E-state index contributed by atoms with van der Waals surface area (Å²) >= 11 is -25.4. The molecular formula is C26H44F6IO20Sb6-11. The Kier molecular flexibility index (Phi) is 102. The Morgan fingerprint density at radius 1 is 0.492 bits per heavy atom. The van der Waals surface area contributed by atoms with Crippen LogP contribution in [0.4, 0.5) is 28.2 Å². The number of hydrogen-bond acceptors (Lipinski definition) is 20. The molecule has 59 heavy (non-hydrogen) atoms. The average Bonchev–Trinajstić information content (AvgIpc) is 3.00. The van der Waals surface area contributed by atoms with Crippen LogP contribution >= 0.6 is 0 Å². The second-order valence-electron chi connectivity index (χ2n) is 9.12. The van der Waals surface area contributed by atoms with Gasteiger partial charge in [0.15, 0.2) is 7.14 Å². The molecule has 0 saturated heterocycles. The molecule has 33 heteroatoms. The van der Waals surface area contributed by atoms with Crippen molar-refractivity contribution in [1.29, 1.82) is 0 Å². The summed E-state index contributed by atoms with van der Waals surface area (Å²) in [6, 6.07) is 19.0. The van der Waals surface area contributed by atoms with Crippen molar-refractivity contribution in [2.45, 2.75) is 83.7 Å². The molecule has 0 spiro atoms. The summed E-state index contributed by atoms with van der Waals surface area (Å²) in [4.78, 5) is 0. The fourth-order valence-corrected chi connectivity index (χ4v) is 5.71. The topological polar surface area (TPSA) is 409 Å². The summed E-state index contributed by atoms with van der Waals surface area (Å²) in [6.07, 6.45) is 13.7. The molecule has 0 saturated carbocycles. The van der Waals surface area contributed by atoms with E-state index in [4.69, 9.17) is 63.5 Å². The van der Waals surface area contributed by atoms with Gasteiger partial charge in [-0.15, -0.1) is 0 Å². The van der Waals surface area contributed by atoms with Crippen molar-refractivity contribution in [3.63, 3.8) is 0 Å². The van der Waals surface area contributed by atoms with E-state index in [9.17, 15) is 5.11 Å². The monoisotopic (exact) mass is 1640 g/mol. The van der Waals surface area contributed by atoms with Gasteiger partial charge in [0.25, 0.3) is 0 Å². The number of benzene rings is 2. The predicted molar refractivity (Wildman–Crippen MR) is 172 cm³/mol. The van der Waals surface area contributed by atoms with E-state index in [0.717, 1.165) is 18.6 Å². The van der Waals surface area contributed by atoms with Gasteiger partial charge in [-0.05, 0) is 30.7 Å². The van der Waals surface area contributed by atoms with E-state index in [2.05, 4.69) is 55.5 Å². The van der Waals surface area contributed by atoms with Gasteiger partial charge < -0.3 is 9.84 Å². The quantitative estimate of drug-likeness (QED) is 0.0706. The number of aliphatic hydroxyl groups excluding tert-OH is 1. The van der Waals surface area contributed by atoms with E-state index in [-0.39, 0.29) is 55.5 Å². The fraction of sp³-hybridized carbons (Fsp3) is 0.538. The molecule has 6 radical (unpaired) electrons. The van der Waals surface area contributed by atoms with E-state index < -0.39 is 126 Å². The molecule has 1 N–H and O–H groups in total. The second kappa shape index (κ2) is 68.8. The average molecular weight is 1650 g/mol. The molecule has 1 atom stereocenters. The number of halogens is 7. The van der Waals surface area contributed by atoms with Crippen LogP contribution in [0, 0.1) is 7.14 Å². The summed E-state index contributed by atoms with van der Waals surface area (Å²) in [5, 5.41) is 10.2. The molecule has 0 aliphatic heterocycles. The molecule has 1 unspecified atom stereocenters. The van der Waals surface area contributed by atoms with E-state index in [1.807, 2.05) is 6.07 Å². The van der Waals surface area contributed by atoms with Gasteiger partial charge in [0.2, 0.25) is 0 Å². The maximum atomic E-state index is 10.2. The zero-order valence-electron chi connectivity index (χ0n) is 30.5. The first kappa shape index (κ1) is 87.6. The van der Waals surface area contributed by atoms with Crippen LogP contribution in [-0.2, 0) is 18.1 Å². The normalized spacial score (nSPS) is 8.58. The molecule has 0 amide bonds. The van der Waals surface area contributed by atoms with Crippen LogP contribution in [0.15, 0.2) is 54.6 Å². The molecule has 0 fully saturated rings. The third kappa shape index (κ3) is 120. The van der Waals surface area contributed by atoms with Crippen molar-refractivity contribution in [3.05, 3.63) is 61.7 Å². The molecule has 0 bridgehead atoms. The molecule has 0 aromatic heterocycles. The third-order valence-corrected chi connectivity index (χ3v) is 7.72. The van der Waals surface area contributed by atoms with Crippen molar-refractivity contribution in [2.75, 3.05) is 6.61 Å². The van der Waals surface area contributed by atoms with Crippen molar-refractivity contribution in [1.82, 2.24) is 0 Å². The van der Waals surface area contributed by atoms with Gasteiger partial charge in [0, 0.05) is 6.07 Å². The van der Waals surface area contributed by atoms with Crippen LogP contribution in [-0.4, -0.2) is 144 Å². The van der Waals surface area contributed by atoms with Crippen molar-refractivity contribution < 1.29 is 118 Å². The molecule has 0 heterocycles. The van der Waals surface area contributed by atoms with Crippen LogP contribution in [0.1, 0.15) is 77.6 Å². The molecular weight excluding hydrogens is 1600 g/mol. The standard InChI is InChI=1S/C26H38IO2.6FH.18O.6Sb/c1-2-3-4-5-6-7-8-9-10-14-19-25(28)22-29-26-20-15-18-24(21-26)27-23-16-12-11-13-17-23;;;;;;;;;;;;;;;;;;;;;;;;;;;;;;/h11-13,15-18,20-21,25,28H,2-10,14,19,22H2,1H3;6*1H;;;;;;;;;;;;;;;;;;;;;;;;/q+1;;;;;;;;;;;;;12*-1;;;;;;. The number of rotatable bonds is 16. The van der Waals surface area contributed by atoms with Gasteiger partial charge in [-0.2, -0.15) is 0 Å². The van der Waals surface area contributed by atoms with Crippen molar-refractivity contribution >= 4 is 126 Å². The van der Waals surface area contributed by atoms with Crippen LogP contribution in [0.2, 0.25) is 0 Å². The predicted octanol–water partition coefficient (Wildman–Crippen LogP) is -12.5. The number of ether oxygens (including phenoxy) is 1. The fourth-order valence-electron chi connectivity index (χ4n) is 3.36. The van der Waals surface area contributed by atoms with Crippen molar-refractivity contribution in [2.24, 2.45) is 0 Å². The van der Waals surface area contributed by atoms with Gasteiger partial charge in [-0.3, -0.25) is 28.2 Å². The number of hydrogen-bond donors (Lipinski definition) is 1. The summed E-state index contributed by atoms with van der Waals surface area (Å²) in [5.74, 6) is 0.875. The van der Waals surface area contributed by atoms with Gasteiger partial charge in [-0.1, -0.05) is 95.4 Å². The van der Waals surface area contributed by atoms with Gasteiger partial charge in [0.1, 0.15) is 12.4 Å².